The molecule has 0 atom stereocenters. The van der Waals surface area contributed by atoms with Crippen LogP contribution in [0.4, 0.5) is 0 Å². The van der Waals surface area contributed by atoms with E-state index in [1.807, 2.05) is 39.8 Å². The molecule has 1 rings (SSSR count). The molecule has 3 heteroatoms. The average molecular weight is 270 g/mol. The normalized spacial score (nSPS) is 11.0. The fourth-order valence-electron chi connectivity index (χ4n) is 2.19. The zero-order chi connectivity index (χ0) is 14.0. The molecule has 100 valence electrons. The number of rotatable bonds is 4. The molecule has 0 saturated heterocycles. The Balaban J connectivity index is 0.00000324. The van der Waals surface area contributed by atoms with Crippen molar-refractivity contribution in [2.75, 3.05) is 0 Å². The van der Waals surface area contributed by atoms with E-state index in [0.29, 0.717) is 11.5 Å². The molecule has 0 aromatic heterocycles. The molecule has 0 amide bonds. The molecule has 19 heavy (non-hydrogen) atoms. The zero-order valence-electron chi connectivity index (χ0n) is 13.2. The number of hydrogen-bond acceptors (Lipinski definition) is 2. The Bertz CT molecular complexity index is 419. The molecule has 2 nitrogen and oxygen atoms in total. The van der Waals surface area contributed by atoms with E-state index in [1.165, 1.54) is 5.56 Å². The molecule has 0 radical (unpaired) electrons. The monoisotopic (exact) mass is 270 g/mol. The smallest absolute Gasteiger partial charge is 0.545 e. The first-order valence-electron chi connectivity index (χ1n) is 6.64. The minimum atomic E-state index is -1.06. The van der Waals surface area contributed by atoms with Crippen LogP contribution < -0.4 is 34.7 Å². The molecule has 0 aliphatic heterocycles. The van der Waals surface area contributed by atoms with Crippen LogP contribution in [-0.2, 0) is 0 Å². The molecule has 1 aromatic rings. The standard InChI is InChI=1S/C16H24O2.Na/c1-9(2)12-7-13(10(3)4)15(16(17)18)14(8-12)11(5)6;/h7-11H,1-6H3,(H,17,18);/q;+1/p-1. The Hall–Kier alpha value is -0.310. The van der Waals surface area contributed by atoms with Gasteiger partial charge in [0.25, 0.3) is 0 Å². The van der Waals surface area contributed by atoms with Crippen LogP contribution >= 0.6 is 0 Å². The van der Waals surface area contributed by atoms with Crippen molar-refractivity contribution in [2.24, 2.45) is 0 Å². The summed E-state index contributed by atoms with van der Waals surface area (Å²) in [5.41, 5.74) is 3.38. The summed E-state index contributed by atoms with van der Waals surface area (Å²) < 4.78 is 0. The van der Waals surface area contributed by atoms with Gasteiger partial charge in [-0.15, -0.1) is 0 Å². The first-order valence-corrected chi connectivity index (χ1v) is 6.64. The van der Waals surface area contributed by atoms with Gasteiger partial charge < -0.3 is 9.90 Å². The summed E-state index contributed by atoms with van der Waals surface area (Å²) in [6.45, 7) is 12.3. The summed E-state index contributed by atoms with van der Waals surface area (Å²) in [4.78, 5) is 11.4. The van der Waals surface area contributed by atoms with Crippen molar-refractivity contribution in [2.45, 2.75) is 59.3 Å². The molecule has 0 N–H and O–H groups in total. The third-order valence-electron chi connectivity index (χ3n) is 3.34. The Morgan fingerprint density at radius 1 is 0.895 bits per heavy atom. The van der Waals surface area contributed by atoms with Gasteiger partial charge in [0.15, 0.2) is 0 Å². The van der Waals surface area contributed by atoms with Crippen molar-refractivity contribution in [1.82, 2.24) is 0 Å². The maximum absolute atomic E-state index is 11.4. The maximum atomic E-state index is 11.4. The van der Waals surface area contributed by atoms with Crippen LogP contribution in [0.15, 0.2) is 12.1 Å². The number of hydrogen-bond donors (Lipinski definition) is 0. The van der Waals surface area contributed by atoms with Gasteiger partial charge in [0.2, 0.25) is 0 Å². The third kappa shape index (κ3) is 4.34. The largest absolute Gasteiger partial charge is 1.00 e. The Morgan fingerprint density at radius 2 is 1.26 bits per heavy atom. The van der Waals surface area contributed by atoms with Gasteiger partial charge in [-0.25, -0.2) is 0 Å². The average Bonchev–Trinajstić information content (AvgIpc) is 2.26. The van der Waals surface area contributed by atoms with E-state index < -0.39 is 5.97 Å². The topological polar surface area (TPSA) is 40.1 Å². The van der Waals surface area contributed by atoms with Crippen molar-refractivity contribution < 1.29 is 39.5 Å². The fourth-order valence-corrected chi connectivity index (χ4v) is 2.19. The molecular weight excluding hydrogens is 247 g/mol. The van der Waals surface area contributed by atoms with Crippen molar-refractivity contribution in [3.63, 3.8) is 0 Å². The Kier molecular flexibility index (Phi) is 7.34. The molecule has 0 spiro atoms. The van der Waals surface area contributed by atoms with Crippen LogP contribution in [-0.4, -0.2) is 5.97 Å². The number of benzene rings is 1. The Labute approximate surface area is 138 Å². The second-order valence-electron chi connectivity index (χ2n) is 5.83. The van der Waals surface area contributed by atoms with Crippen molar-refractivity contribution in [3.8, 4) is 0 Å². The van der Waals surface area contributed by atoms with Gasteiger partial charge in [0.1, 0.15) is 0 Å². The molecule has 1 aromatic carbocycles. The van der Waals surface area contributed by atoms with Crippen molar-refractivity contribution >= 4 is 5.97 Å². The van der Waals surface area contributed by atoms with Crippen LogP contribution in [0.1, 0.15) is 86.3 Å². The van der Waals surface area contributed by atoms with E-state index >= 15 is 0 Å². The molecule has 0 fully saturated rings. The summed E-state index contributed by atoms with van der Waals surface area (Å²) in [5.74, 6) is -0.281. The van der Waals surface area contributed by atoms with Crippen LogP contribution in [0.5, 0.6) is 0 Å². The summed E-state index contributed by atoms with van der Waals surface area (Å²) >= 11 is 0. The van der Waals surface area contributed by atoms with Gasteiger partial charge in [-0.2, -0.15) is 0 Å². The predicted octanol–water partition coefficient (Wildman–Crippen LogP) is 0.424. The number of carboxylic acids is 1. The van der Waals surface area contributed by atoms with Crippen LogP contribution in [0.25, 0.3) is 0 Å². The second kappa shape index (κ2) is 7.47. The molecule has 0 aliphatic rings. The predicted molar refractivity (Wildman–Crippen MR) is 73.0 cm³/mol. The van der Waals surface area contributed by atoms with E-state index in [0.717, 1.165) is 11.1 Å². The summed E-state index contributed by atoms with van der Waals surface area (Å²) in [7, 11) is 0. The van der Waals surface area contributed by atoms with Crippen molar-refractivity contribution in [3.05, 3.63) is 34.4 Å². The molecule has 0 bridgehead atoms. The fraction of sp³-hybridized carbons (Fsp3) is 0.562. The summed E-state index contributed by atoms with van der Waals surface area (Å²) in [6, 6.07) is 4.04. The molecule has 0 heterocycles. The SMILES string of the molecule is CC(C)c1cc(C(C)C)c(C(=O)[O-])c(C(C)C)c1.[Na+]. The van der Waals surface area contributed by atoms with Gasteiger partial charge >= 0.3 is 29.6 Å². The van der Waals surface area contributed by atoms with Gasteiger partial charge in [0, 0.05) is 5.56 Å². The van der Waals surface area contributed by atoms with E-state index in [9.17, 15) is 9.90 Å². The second-order valence-corrected chi connectivity index (χ2v) is 5.83. The van der Waals surface area contributed by atoms with Crippen molar-refractivity contribution in [1.29, 1.82) is 0 Å². The molecular formula is C16H23NaO2. The van der Waals surface area contributed by atoms with Gasteiger partial charge in [-0.05, 0) is 34.4 Å². The Morgan fingerprint density at radius 3 is 1.47 bits per heavy atom. The molecule has 0 unspecified atom stereocenters. The quantitative estimate of drug-likeness (QED) is 0.744. The van der Waals surface area contributed by atoms with Crippen LogP contribution in [0.3, 0.4) is 0 Å². The van der Waals surface area contributed by atoms with E-state index in [4.69, 9.17) is 0 Å². The first-order chi connectivity index (χ1) is 8.25. The van der Waals surface area contributed by atoms with E-state index in [2.05, 4.69) is 13.8 Å². The van der Waals surface area contributed by atoms with E-state index in [-0.39, 0.29) is 41.4 Å². The maximum Gasteiger partial charge on any atom is 1.00 e. The van der Waals surface area contributed by atoms with Gasteiger partial charge in [0.05, 0.1) is 5.97 Å². The van der Waals surface area contributed by atoms with Crippen LogP contribution in [0.2, 0.25) is 0 Å². The minimum absolute atomic E-state index is 0. The number of carboxylic acid groups (broad SMARTS) is 1. The first kappa shape index (κ1) is 18.7. The van der Waals surface area contributed by atoms with Gasteiger partial charge in [-0.3, -0.25) is 0 Å². The van der Waals surface area contributed by atoms with E-state index in [1.54, 1.807) is 0 Å². The number of carbonyl (C=O) groups excluding carboxylic acids is 1. The number of aromatic carboxylic acids is 1. The molecule has 0 aliphatic carbocycles. The number of carbonyl (C=O) groups is 1. The molecule has 0 saturated carbocycles. The van der Waals surface area contributed by atoms with Gasteiger partial charge in [-0.1, -0.05) is 53.7 Å². The minimum Gasteiger partial charge on any atom is -0.545 e. The zero-order valence-corrected chi connectivity index (χ0v) is 15.2. The van der Waals surface area contributed by atoms with Crippen LogP contribution in [0, 0.1) is 0 Å². The third-order valence-corrected chi connectivity index (χ3v) is 3.34. The summed E-state index contributed by atoms with van der Waals surface area (Å²) in [5, 5.41) is 11.4. The summed E-state index contributed by atoms with van der Waals surface area (Å²) in [6.07, 6.45) is 0.